The van der Waals surface area contributed by atoms with Crippen molar-refractivity contribution in [2.24, 2.45) is 11.3 Å². The lowest BCUT2D eigenvalue weighted by Gasteiger charge is -2.40. The van der Waals surface area contributed by atoms with Gasteiger partial charge in [0.05, 0.1) is 11.9 Å². The largest absolute Gasteiger partial charge is 0.383 e. The summed E-state index contributed by atoms with van der Waals surface area (Å²) in [6, 6.07) is 0. The van der Waals surface area contributed by atoms with E-state index < -0.39 is 5.60 Å². The molecular weight excluding hydrogens is 212 g/mol. The van der Waals surface area contributed by atoms with Crippen molar-refractivity contribution in [2.75, 3.05) is 0 Å². The third-order valence-corrected chi connectivity index (χ3v) is 4.08. The predicted molar refractivity (Wildman–Crippen MR) is 67.3 cm³/mol. The average Bonchev–Trinajstić information content (AvgIpc) is 2.29. The van der Waals surface area contributed by atoms with E-state index in [0.29, 0.717) is 11.3 Å². The number of aromatic nitrogens is 2. The minimum absolute atomic E-state index is 0.337. The smallest absolute Gasteiger partial charge is 0.108 e. The van der Waals surface area contributed by atoms with Gasteiger partial charge in [0.25, 0.3) is 0 Å². The van der Waals surface area contributed by atoms with E-state index in [4.69, 9.17) is 0 Å². The summed E-state index contributed by atoms with van der Waals surface area (Å²) in [5.74, 6) is 0.694. The minimum atomic E-state index is -0.754. The molecule has 0 unspecified atom stereocenters. The highest BCUT2D eigenvalue weighted by Crippen LogP contribution is 2.44. The van der Waals surface area contributed by atoms with E-state index >= 15 is 0 Å². The highest BCUT2D eigenvalue weighted by atomic mass is 16.3. The van der Waals surface area contributed by atoms with Gasteiger partial charge in [-0.25, -0.2) is 0 Å². The third-order valence-electron chi connectivity index (χ3n) is 4.08. The van der Waals surface area contributed by atoms with E-state index in [9.17, 15) is 5.11 Å². The summed E-state index contributed by atoms with van der Waals surface area (Å²) in [6.45, 7) is 6.85. The maximum absolute atomic E-state index is 10.6. The summed E-state index contributed by atoms with van der Waals surface area (Å²) < 4.78 is 0. The van der Waals surface area contributed by atoms with Crippen LogP contribution < -0.4 is 0 Å². The number of nitrogens with zero attached hydrogens (tertiary/aromatic N) is 2. The summed E-state index contributed by atoms with van der Waals surface area (Å²) >= 11 is 0. The van der Waals surface area contributed by atoms with Crippen LogP contribution in [0.1, 0.15) is 52.1 Å². The van der Waals surface area contributed by atoms with Crippen LogP contribution in [0.3, 0.4) is 0 Å². The molecule has 0 aromatic carbocycles. The van der Waals surface area contributed by atoms with E-state index in [1.165, 1.54) is 0 Å². The van der Waals surface area contributed by atoms with Gasteiger partial charge in [0.1, 0.15) is 5.60 Å². The second kappa shape index (κ2) is 4.37. The van der Waals surface area contributed by atoms with Crippen molar-refractivity contribution in [3.63, 3.8) is 0 Å². The number of hydrogen-bond acceptors (Lipinski definition) is 3. The summed E-state index contributed by atoms with van der Waals surface area (Å²) in [5, 5.41) is 10.6. The Labute approximate surface area is 103 Å². The molecule has 0 aliphatic heterocycles. The van der Waals surface area contributed by atoms with Crippen LogP contribution >= 0.6 is 0 Å². The molecule has 1 N–H and O–H groups in total. The van der Waals surface area contributed by atoms with Gasteiger partial charge in [0.15, 0.2) is 0 Å². The van der Waals surface area contributed by atoms with E-state index in [2.05, 4.69) is 30.7 Å². The Morgan fingerprint density at radius 2 is 1.88 bits per heavy atom. The number of hydrogen-bond donors (Lipinski definition) is 1. The molecule has 1 aromatic rings. The predicted octanol–water partition coefficient (Wildman–Crippen LogP) is 2.90. The van der Waals surface area contributed by atoms with Gasteiger partial charge in [0.2, 0.25) is 0 Å². The molecule has 3 nitrogen and oxygen atoms in total. The SMILES string of the molecule is CC(C)(C)C1CCC(O)(c2cnccn2)CC1. The fraction of sp³-hybridized carbons (Fsp3) is 0.714. The Bertz CT molecular complexity index is 362. The van der Waals surface area contributed by atoms with E-state index in [0.717, 1.165) is 31.4 Å². The van der Waals surface area contributed by atoms with Crippen LogP contribution in [0.25, 0.3) is 0 Å². The van der Waals surface area contributed by atoms with Gasteiger partial charge < -0.3 is 5.11 Å². The van der Waals surface area contributed by atoms with Gasteiger partial charge in [0, 0.05) is 12.4 Å². The molecular formula is C14H22N2O. The molecule has 0 amide bonds. The molecule has 1 aliphatic rings. The van der Waals surface area contributed by atoms with Gasteiger partial charge in [-0.3, -0.25) is 9.97 Å². The third kappa shape index (κ3) is 2.65. The molecule has 1 saturated carbocycles. The fourth-order valence-corrected chi connectivity index (χ4v) is 2.76. The highest BCUT2D eigenvalue weighted by Gasteiger charge is 2.39. The zero-order chi connectivity index (χ0) is 12.5. The lowest BCUT2D eigenvalue weighted by Crippen LogP contribution is -2.36. The van der Waals surface area contributed by atoms with Gasteiger partial charge >= 0.3 is 0 Å². The van der Waals surface area contributed by atoms with Crippen LogP contribution in [0.4, 0.5) is 0 Å². The first-order valence-electron chi connectivity index (χ1n) is 6.41. The van der Waals surface area contributed by atoms with Crippen molar-refractivity contribution in [2.45, 2.75) is 52.1 Å². The normalized spacial score (nSPS) is 30.2. The van der Waals surface area contributed by atoms with Crippen LogP contribution in [-0.4, -0.2) is 15.1 Å². The lowest BCUT2D eigenvalue weighted by atomic mass is 9.68. The van der Waals surface area contributed by atoms with E-state index in [-0.39, 0.29) is 0 Å². The molecule has 0 saturated heterocycles. The minimum Gasteiger partial charge on any atom is -0.383 e. The number of aliphatic hydroxyl groups is 1. The van der Waals surface area contributed by atoms with Gasteiger partial charge in [-0.15, -0.1) is 0 Å². The zero-order valence-electron chi connectivity index (χ0n) is 11.0. The molecule has 1 aliphatic carbocycles. The van der Waals surface area contributed by atoms with Crippen LogP contribution in [0.15, 0.2) is 18.6 Å². The Kier molecular flexibility index (Phi) is 3.21. The van der Waals surface area contributed by atoms with Crippen molar-refractivity contribution < 1.29 is 5.11 Å². The summed E-state index contributed by atoms with van der Waals surface area (Å²) in [4.78, 5) is 8.30. The fourth-order valence-electron chi connectivity index (χ4n) is 2.76. The average molecular weight is 234 g/mol. The highest BCUT2D eigenvalue weighted by molar-refractivity contribution is 5.09. The van der Waals surface area contributed by atoms with E-state index in [1.54, 1.807) is 18.6 Å². The molecule has 1 fully saturated rings. The molecule has 0 radical (unpaired) electrons. The topological polar surface area (TPSA) is 46.0 Å². The van der Waals surface area contributed by atoms with Crippen molar-refractivity contribution >= 4 is 0 Å². The molecule has 0 spiro atoms. The molecule has 0 atom stereocenters. The first kappa shape index (κ1) is 12.5. The van der Waals surface area contributed by atoms with Gasteiger partial charge in [-0.05, 0) is 37.0 Å². The Morgan fingerprint density at radius 3 is 2.35 bits per heavy atom. The summed E-state index contributed by atoms with van der Waals surface area (Å²) in [7, 11) is 0. The van der Waals surface area contributed by atoms with Gasteiger partial charge in [-0.2, -0.15) is 0 Å². The second-order valence-corrected chi connectivity index (χ2v) is 6.26. The Balaban J connectivity index is 2.08. The number of rotatable bonds is 1. The quantitative estimate of drug-likeness (QED) is 0.812. The van der Waals surface area contributed by atoms with Gasteiger partial charge in [-0.1, -0.05) is 20.8 Å². The van der Waals surface area contributed by atoms with Crippen molar-refractivity contribution in [3.05, 3.63) is 24.3 Å². The van der Waals surface area contributed by atoms with Crippen molar-refractivity contribution in [3.8, 4) is 0 Å². The standard InChI is InChI=1S/C14H22N2O/c1-13(2,3)11-4-6-14(17,7-5-11)12-10-15-8-9-16-12/h8-11,17H,4-7H2,1-3H3. The van der Waals surface area contributed by atoms with Crippen LogP contribution in [0.2, 0.25) is 0 Å². The first-order valence-corrected chi connectivity index (χ1v) is 6.41. The second-order valence-electron chi connectivity index (χ2n) is 6.26. The monoisotopic (exact) mass is 234 g/mol. The Hall–Kier alpha value is -0.960. The Morgan fingerprint density at radius 1 is 1.24 bits per heavy atom. The lowest BCUT2D eigenvalue weighted by molar-refractivity contribution is -0.0333. The van der Waals surface area contributed by atoms with Crippen LogP contribution in [-0.2, 0) is 5.60 Å². The molecule has 17 heavy (non-hydrogen) atoms. The molecule has 0 bridgehead atoms. The van der Waals surface area contributed by atoms with Crippen LogP contribution in [0.5, 0.6) is 0 Å². The zero-order valence-corrected chi connectivity index (χ0v) is 11.0. The summed E-state index contributed by atoms with van der Waals surface area (Å²) in [6.07, 6.45) is 8.72. The first-order chi connectivity index (χ1) is 7.92. The molecule has 94 valence electrons. The molecule has 2 rings (SSSR count). The molecule has 1 aromatic heterocycles. The maximum atomic E-state index is 10.6. The van der Waals surface area contributed by atoms with E-state index in [1.807, 2.05) is 0 Å². The molecule has 3 heteroatoms. The van der Waals surface area contributed by atoms with Crippen LogP contribution in [0, 0.1) is 11.3 Å². The van der Waals surface area contributed by atoms with Crippen molar-refractivity contribution in [1.82, 2.24) is 9.97 Å². The van der Waals surface area contributed by atoms with Crippen molar-refractivity contribution in [1.29, 1.82) is 0 Å². The molecule has 1 heterocycles. The maximum Gasteiger partial charge on any atom is 0.108 e. The summed E-state index contributed by atoms with van der Waals surface area (Å²) in [5.41, 5.74) is 0.312.